The summed E-state index contributed by atoms with van der Waals surface area (Å²) in [5.41, 5.74) is -0.706. The quantitative estimate of drug-likeness (QED) is 0.559. The van der Waals surface area contributed by atoms with E-state index in [2.05, 4.69) is 0 Å². The van der Waals surface area contributed by atoms with Gasteiger partial charge in [0, 0.05) is 13.0 Å². The van der Waals surface area contributed by atoms with Crippen molar-refractivity contribution in [1.82, 2.24) is 10.0 Å². The van der Waals surface area contributed by atoms with Crippen LogP contribution < -0.4 is 0 Å². The van der Waals surface area contributed by atoms with Crippen molar-refractivity contribution in [2.75, 3.05) is 6.54 Å². The normalized spacial score (nSPS) is 17.1. The van der Waals surface area contributed by atoms with Gasteiger partial charge in [-0.05, 0) is 47.1 Å². The number of hydrogen-bond donors (Lipinski definition) is 0. The molecule has 1 aliphatic rings. The number of amides is 2. The Kier molecular flexibility index (Phi) is 6.77. The maximum absolute atomic E-state index is 12.8. The first-order chi connectivity index (χ1) is 13.4. The molecule has 2 rings (SSSR count). The second-order valence-electron chi connectivity index (χ2n) is 8.83. The molecule has 29 heavy (non-hydrogen) atoms. The monoisotopic (exact) mass is 406 g/mol. The average Bonchev–Trinajstić information content (AvgIpc) is 3.03. The fraction of sp³-hybridized carbons (Fsp3) is 0.571. The number of hydrogen-bond acceptors (Lipinski definition) is 6. The zero-order chi connectivity index (χ0) is 21.8. The largest absolute Gasteiger partial charge is 0.458 e. The van der Waals surface area contributed by atoms with Crippen LogP contribution in [0.25, 0.3) is 0 Å². The van der Waals surface area contributed by atoms with Gasteiger partial charge >= 0.3 is 18.2 Å². The number of nitrogens with zero attached hydrogens (tertiary/aromatic N) is 2. The molecule has 1 aromatic carbocycles. The zero-order valence-corrected chi connectivity index (χ0v) is 17.9. The van der Waals surface area contributed by atoms with Crippen molar-refractivity contribution >= 4 is 18.2 Å². The van der Waals surface area contributed by atoms with Crippen LogP contribution in [-0.4, -0.2) is 52.0 Å². The molecule has 1 unspecified atom stereocenters. The van der Waals surface area contributed by atoms with Crippen LogP contribution >= 0.6 is 0 Å². The SMILES string of the molecule is CC(C)(C)OC(=O)C1CCN(C(=O)OCc2ccccc2)N1C(=O)OC(C)(C)C. The van der Waals surface area contributed by atoms with Crippen LogP contribution in [0.2, 0.25) is 0 Å². The number of benzene rings is 1. The van der Waals surface area contributed by atoms with Crippen LogP contribution in [0.5, 0.6) is 0 Å². The third-order valence-electron chi connectivity index (χ3n) is 3.84. The van der Waals surface area contributed by atoms with E-state index in [4.69, 9.17) is 14.2 Å². The van der Waals surface area contributed by atoms with E-state index >= 15 is 0 Å². The first kappa shape index (κ1) is 22.5. The molecule has 0 bridgehead atoms. The second kappa shape index (κ2) is 8.71. The smallest absolute Gasteiger partial charge is 0.430 e. The lowest BCUT2D eigenvalue weighted by Crippen LogP contribution is -2.53. The van der Waals surface area contributed by atoms with Gasteiger partial charge in [0.1, 0.15) is 17.8 Å². The summed E-state index contributed by atoms with van der Waals surface area (Å²) in [6.07, 6.45) is -1.30. The second-order valence-corrected chi connectivity index (χ2v) is 8.83. The van der Waals surface area contributed by atoms with Gasteiger partial charge in [0.25, 0.3) is 0 Å². The predicted octanol–water partition coefficient (Wildman–Crippen LogP) is 3.89. The summed E-state index contributed by atoms with van der Waals surface area (Å²) in [6, 6.07) is 8.23. The third-order valence-corrected chi connectivity index (χ3v) is 3.84. The van der Waals surface area contributed by atoms with Gasteiger partial charge < -0.3 is 14.2 Å². The standard InChI is InChI=1S/C21H30N2O6/c1-20(2,3)28-17(24)16-12-13-22(23(16)19(26)29-21(4,5)6)18(25)27-14-15-10-8-7-9-11-15/h7-11,16H,12-14H2,1-6H3. The van der Waals surface area contributed by atoms with Crippen molar-refractivity contribution in [3.63, 3.8) is 0 Å². The van der Waals surface area contributed by atoms with Crippen molar-refractivity contribution in [3.05, 3.63) is 35.9 Å². The van der Waals surface area contributed by atoms with E-state index in [0.717, 1.165) is 15.6 Å². The minimum atomic E-state index is -0.964. The molecular formula is C21H30N2O6. The summed E-state index contributed by atoms with van der Waals surface area (Å²) in [5, 5.41) is 2.11. The van der Waals surface area contributed by atoms with Crippen LogP contribution in [0.3, 0.4) is 0 Å². The molecule has 0 N–H and O–H groups in total. The van der Waals surface area contributed by atoms with Gasteiger partial charge in [-0.1, -0.05) is 30.3 Å². The highest BCUT2D eigenvalue weighted by Gasteiger charge is 2.46. The highest BCUT2D eigenvalue weighted by Crippen LogP contribution is 2.25. The number of rotatable bonds is 3. The topological polar surface area (TPSA) is 85.4 Å². The molecule has 8 heteroatoms. The molecular weight excluding hydrogens is 376 g/mol. The number of esters is 1. The van der Waals surface area contributed by atoms with Gasteiger partial charge in [0.15, 0.2) is 6.04 Å². The summed E-state index contributed by atoms with van der Waals surface area (Å²) in [5.74, 6) is -0.596. The molecule has 0 radical (unpaired) electrons. The summed E-state index contributed by atoms with van der Waals surface area (Å²) in [7, 11) is 0. The molecule has 1 heterocycles. The van der Waals surface area contributed by atoms with Crippen molar-refractivity contribution in [1.29, 1.82) is 0 Å². The van der Waals surface area contributed by atoms with Crippen molar-refractivity contribution in [2.45, 2.75) is 71.8 Å². The molecule has 160 valence electrons. The average molecular weight is 406 g/mol. The first-order valence-corrected chi connectivity index (χ1v) is 9.60. The number of hydrazine groups is 1. The Morgan fingerprint density at radius 3 is 2.07 bits per heavy atom. The van der Waals surface area contributed by atoms with E-state index in [1.807, 2.05) is 30.3 Å². The molecule has 1 saturated heterocycles. The van der Waals surface area contributed by atoms with E-state index < -0.39 is 35.4 Å². The Morgan fingerprint density at radius 1 is 0.931 bits per heavy atom. The minimum absolute atomic E-state index is 0.0510. The molecule has 0 aromatic heterocycles. The molecule has 2 amide bonds. The summed E-state index contributed by atoms with van der Waals surface area (Å²) < 4.78 is 16.2. The summed E-state index contributed by atoms with van der Waals surface area (Å²) in [6.45, 7) is 10.5. The van der Waals surface area contributed by atoms with Gasteiger partial charge in [-0.3, -0.25) is 0 Å². The Hall–Kier alpha value is -2.77. The van der Waals surface area contributed by atoms with Gasteiger partial charge in [0.2, 0.25) is 0 Å². The Labute approximate surface area is 171 Å². The third kappa shape index (κ3) is 6.66. The molecule has 0 saturated carbocycles. The molecule has 8 nitrogen and oxygen atoms in total. The van der Waals surface area contributed by atoms with Gasteiger partial charge in [0.05, 0.1) is 0 Å². The van der Waals surface area contributed by atoms with E-state index in [-0.39, 0.29) is 19.6 Å². The van der Waals surface area contributed by atoms with E-state index in [1.165, 1.54) is 0 Å². The van der Waals surface area contributed by atoms with Crippen LogP contribution in [0.4, 0.5) is 9.59 Å². The zero-order valence-electron chi connectivity index (χ0n) is 17.9. The van der Waals surface area contributed by atoms with Crippen LogP contribution in [-0.2, 0) is 25.6 Å². The number of carbonyl (C=O) groups is 3. The number of carbonyl (C=O) groups excluding carboxylic acids is 3. The fourth-order valence-corrected chi connectivity index (χ4v) is 2.74. The molecule has 1 aliphatic heterocycles. The molecule has 1 aromatic rings. The summed E-state index contributed by atoms with van der Waals surface area (Å²) >= 11 is 0. The highest BCUT2D eigenvalue weighted by atomic mass is 16.6. The van der Waals surface area contributed by atoms with Crippen molar-refractivity contribution in [3.8, 4) is 0 Å². The van der Waals surface area contributed by atoms with Crippen molar-refractivity contribution in [2.24, 2.45) is 0 Å². The molecule has 0 spiro atoms. The predicted molar refractivity (Wildman–Crippen MR) is 106 cm³/mol. The van der Waals surface area contributed by atoms with E-state index in [1.54, 1.807) is 41.5 Å². The fourth-order valence-electron chi connectivity index (χ4n) is 2.74. The lowest BCUT2D eigenvalue weighted by atomic mass is 10.1. The minimum Gasteiger partial charge on any atom is -0.458 e. The highest BCUT2D eigenvalue weighted by molar-refractivity contribution is 5.84. The molecule has 0 aliphatic carbocycles. The maximum atomic E-state index is 12.8. The Bertz CT molecular complexity index is 736. The first-order valence-electron chi connectivity index (χ1n) is 9.60. The lowest BCUT2D eigenvalue weighted by Gasteiger charge is -2.33. The lowest BCUT2D eigenvalue weighted by molar-refractivity contribution is -0.163. The van der Waals surface area contributed by atoms with E-state index in [0.29, 0.717) is 0 Å². The van der Waals surface area contributed by atoms with Gasteiger partial charge in [-0.2, -0.15) is 5.01 Å². The van der Waals surface area contributed by atoms with Gasteiger partial charge in [-0.15, -0.1) is 0 Å². The Morgan fingerprint density at radius 2 is 1.52 bits per heavy atom. The van der Waals surface area contributed by atoms with Crippen LogP contribution in [0.1, 0.15) is 53.5 Å². The van der Waals surface area contributed by atoms with Gasteiger partial charge in [-0.25, -0.2) is 19.4 Å². The Balaban J connectivity index is 2.17. The number of ether oxygens (including phenoxy) is 3. The molecule has 1 fully saturated rings. The maximum Gasteiger partial charge on any atom is 0.430 e. The van der Waals surface area contributed by atoms with E-state index in [9.17, 15) is 14.4 Å². The molecule has 1 atom stereocenters. The summed E-state index contributed by atoms with van der Waals surface area (Å²) in [4.78, 5) is 38.1. The van der Waals surface area contributed by atoms with Crippen molar-refractivity contribution < 1.29 is 28.6 Å². The van der Waals surface area contributed by atoms with Crippen LogP contribution in [0, 0.1) is 0 Å². The van der Waals surface area contributed by atoms with Crippen LogP contribution in [0.15, 0.2) is 30.3 Å².